The van der Waals surface area contributed by atoms with Crippen LogP contribution in [0.25, 0.3) is 33.3 Å². The van der Waals surface area contributed by atoms with Gasteiger partial charge in [0.2, 0.25) is 0 Å². The van der Waals surface area contributed by atoms with Gasteiger partial charge in [-0.1, -0.05) is 73.7 Å². The van der Waals surface area contributed by atoms with E-state index in [0.29, 0.717) is 25.7 Å². The maximum absolute atomic E-state index is 12.4. The van der Waals surface area contributed by atoms with Crippen molar-refractivity contribution in [1.82, 2.24) is 4.98 Å². The molecule has 0 bridgehead atoms. The largest absolute Gasteiger partial charge is 0.393 e. The molecule has 0 aliphatic carbocycles. The van der Waals surface area contributed by atoms with Gasteiger partial charge in [0.15, 0.2) is 0 Å². The third kappa shape index (κ3) is 5.07. The average molecular weight is 410 g/mol. The fourth-order valence-electron chi connectivity index (χ4n) is 3.84. The first kappa shape index (κ1) is 21.0. The molecule has 1 atom stereocenters. The minimum Gasteiger partial charge on any atom is -0.393 e. The number of nitrogens with zero attached hydrogens (tertiary/aromatic N) is 1. The van der Waals surface area contributed by atoms with Crippen LogP contribution in [0.2, 0.25) is 0 Å². The fourth-order valence-corrected chi connectivity index (χ4v) is 3.84. The van der Waals surface area contributed by atoms with Crippen LogP contribution in [0.3, 0.4) is 0 Å². The van der Waals surface area contributed by atoms with Crippen LogP contribution in [0.4, 0.5) is 0 Å². The monoisotopic (exact) mass is 409 g/mol. The number of hydrogen-bond donors (Lipinski definition) is 1. The normalized spacial score (nSPS) is 12.1. The van der Waals surface area contributed by atoms with Gasteiger partial charge in [0.25, 0.3) is 0 Å². The first-order valence-corrected chi connectivity index (χ1v) is 10.9. The number of carbonyl (C=O) groups excluding carboxylic acids is 1. The van der Waals surface area contributed by atoms with Crippen molar-refractivity contribution in [2.24, 2.45) is 0 Å². The Morgan fingerprint density at radius 2 is 1.58 bits per heavy atom. The molecule has 0 saturated carbocycles. The van der Waals surface area contributed by atoms with Gasteiger partial charge in [0.05, 0.1) is 17.3 Å². The van der Waals surface area contributed by atoms with Crippen molar-refractivity contribution in [1.29, 1.82) is 0 Å². The highest BCUT2D eigenvalue weighted by Crippen LogP contribution is 2.33. The van der Waals surface area contributed by atoms with Crippen LogP contribution in [0.5, 0.6) is 0 Å². The molecule has 1 N–H and O–H groups in total. The molecule has 3 heteroatoms. The summed E-state index contributed by atoms with van der Waals surface area (Å²) in [5.41, 5.74) is 6.13. The Labute approximate surface area is 183 Å². The Balaban J connectivity index is 1.70. The Bertz CT molecular complexity index is 1170. The number of aliphatic hydroxyl groups is 1. The Morgan fingerprint density at radius 3 is 2.26 bits per heavy atom. The van der Waals surface area contributed by atoms with E-state index in [9.17, 15) is 9.90 Å². The Hall–Kier alpha value is -3.30. The van der Waals surface area contributed by atoms with Gasteiger partial charge in [-0.05, 0) is 42.2 Å². The number of pyridine rings is 1. The molecule has 0 unspecified atom stereocenters. The number of rotatable bonds is 8. The number of fused-ring (bicyclic) bond motifs is 1. The Kier molecular flexibility index (Phi) is 6.54. The third-order valence-corrected chi connectivity index (χ3v) is 5.64. The number of benzene rings is 3. The second-order valence-corrected chi connectivity index (χ2v) is 7.96. The SMILES string of the molecule is CC[C@H](O)CCC(=O)Cc1ccc2nc(-c3ccccc3)c(-c3ccccc3)cc2c1. The standard InChI is InChI=1S/C28H27NO2/c1-2-24(30)14-15-25(31)18-20-13-16-27-23(17-20)19-26(21-9-5-3-6-10-21)28(29-27)22-11-7-4-8-12-22/h3-13,16-17,19,24,30H,2,14-15,18H2,1H3/t24-/m0/s1. The van der Waals surface area contributed by atoms with E-state index in [0.717, 1.165) is 38.9 Å². The number of ketones is 1. The molecular formula is C28H27NO2. The van der Waals surface area contributed by atoms with E-state index in [1.807, 2.05) is 55.5 Å². The van der Waals surface area contributed by atoms with Gasteiger partial charge in [0.1, 0.15) is 5.78 Å². The molecule has 0 aliphatic heterocycles. The molecule has 0 fully saturated rings. The number of aliphatic hydroxyl groups excluding tert-OH is 1. The van der Waals surface area contributed by atoms with Gasteiger partial charge >= 0.3 is 0 Å². The van der Waals surface area contributed by atoms with Crippen molar-refractivity contribution in [3.63, 3.8) is 0 Å². The summed E-state index contributed by atoms with van der Waals surface area (Å²) in [6, 6.07) is 28.7. The first-order valence-electron chi connectivity index (χ1n) is 10.9. The second-order valence-electron chi connectivity index (χ2n) is 7.96. The molecule has 3 nitrogen and oxygen atoms in total. The topological polar surface area (TPSA) is 50.2 Å². The van der Waals surface area contributed by atoms with Gasteiger partial charge in [-0.3, -0.25) is 4.79 Å². The van der Waals surface area contributed by atoms with E-state index in [2.05, 4.69) is 36.4 Å². The molecule has 0 amide bonds. The summed E-state index contributed by atoms with van der Waals surface area (Å²) in [5, 5.41) is 10.7. The summed E-state index contributed by atoms with van der Waals surface area (Å²) in [6.45, 7) is 1.93. The first-order chi connectivity index (χ1) is 15.1. The van der Waals surface area contributed by atoms with Gasteiger partial charge in [-0.15, -0.1) is 0 Å². The average Bonchev–Trinajstić information content (AvgIpc) is 2.82. The summed E-state index contributed by atoms with van der Waals surface area (Å²) in [6.07, 6.45) is 1.61. The number of Topliss-reactive ketones (excluding diaryl/α,β-unsaturated/α-hetero) is 1. The van der Waals surface area contributed by atoms with Crippen molar-refractivity contribution in [2.75, 3.05) is 0 Å². The summed E-state index contributed by atoms with van der Waals surface area (Å²) < 4.78 is 0. The van der Waals surface area contributed by atoms with Crippen molar-refractivity contribution >= 4 is 16.7 Å². The zero-order chi connectivity index (χ0) is 21.6. The highest BCUT2D eigenvalue weighted by Gasteiger charge is 2.13. The molecule has 31 heavy (non-hydrogen) atoms. The van der Waals surface area contributed by atoms with Crippen LogP contribution in [-0.4, -0.2) is 22.0 Å². The predicted octanol–water partition coefficient (Wildman–Crippen LogP) is 6.23. The maximum Gasteiger partial charge on any atom is 0.137 e. The predicted molar refractivity (Wildman–Crippen MR) is 127 cm³/mol. The molecule has 4 aromatic rings. The van der Waals surface area contributed by atoms with E-state index < -0.39 is 6.10 Å². The van der Waals surface area contributed by atoms with E-state index in [-0.39, 0.29) is 5.78 Å². The molecule has 0 saturated heterocycles. The highest BCUT2D eigenvalue weighted by molar-refractivity contribution is 5.92. The fraction of sp³-hybridized carbons (Fsp3) is 0.214. The third-order valence-electron chi connectivity index (χ3n) is 5.64. The lowest BCUT2D eigenvalue weighted by Crippen LogP contribution is -2.10. The Morgan fingerprint density at radius 1 is 0.903 bits per heavy atom. The van der Waals surface area contributed by atoms with Gasteiger partial charge in [0, 0.05) is 29.4 Å². The van der Waals surface area contributed by atoms with Gasteiger partial charge < -0.3 is 5.11 Å². The van der Waals surface area contributed by atoms with Crippen LogP contribution >= 0.6 is 0 Å². The van der Waals surface area contributed by atoms with E-state index in [1.165, 1.54) is 0 Å². The summed E-state index contributed by atoms with van der Waals surface area (Å²) in [5.74, 6) is 0.156. The van der Waals surface area contributed by atoms with Crippen molar-refractivity contribution in [3.8, 4) is 22.4 Å². The summed E-state index contributed by atoms with van der Waals surface area (Å²) in [4.78, 5) is 17.4. The highest BCUT2D eigenvalue weighted by atomic mass is 16.3. The minimum atomic E-state index is -0.394. The molecule has 0 aliphatic rings. The van der Waals surface area contributed by atoms with Crippen LogP contribution in [-0.2, 0) is 11.2 Å². The molecule has 1 heterocycles. The van der Waals surface area contributed by atoms with E-state index >= 15 is 0 Å². The lowest BCUT2D eigenvalue weighted by atomic mass is 9.96. The van der Waals surface area contributed by atoms with Crippen molar-refractivity contribution in [2.45, 2.75) is 38.7 Å². The van der Waals surface area contributed by atoms with Crippen molar-refractivity contribution < 1.29 is 9.90 Å². The number of carbonyl (C=O) groups is 1. The number of hydrogen-bond acceptors (Lipinski definition) is 3. The molecular weight excluding hydrogens is 382 g/mol. The molecule has 0 spiro atoms. The van der Waals surface area contributed by atoms with E-state index in [4.69, 9.17) is 4.98 Å². The van der Waals surface area contributed by atoms with Crippen LogP contribution in [0, 0.1) is 0 Å². The summed E-state index contributed by atoms with van der Waals surface area (Å²) in [7, 11) is 0. The van der Waals surface area contributed by atoms with Crippen molar-refractivity contribution in [3.05, 3.63) is 90.5 Å². The zero-order valence-corrected chi connectivity index (χ0v) is 17.8. The lowest BCUT2D eigenvalue weighted by molar-refractivity contribution is -0.119. The lowest BCUT2D eigenvalue weighted by Gasteiger charge is -2.12. The molecule has 0 radical (unpaired) electrons. The molecule has 156 valence electrons. The maximum atomic E-state index is 12.4. The second kappa shape index (κ2) is 9.67. The van der Waals surface area contributed by atoms with Crippen LogP contribution in [0.15, 0.2) is 84.9 Å². The molecule has 4 rings (SSSR count). The van der Waals surface area contributed by atoms with Crippen LogP contribution in [0.1, 0.15) is 31.7 Å². The van der Waals surface area contributed by atoms with Gasteiger partial charge in [-0.25, -0.2) is 4.98 Å². The number of aromatic nitrogens is 1. The minimum absolute atomic E-state index is 0.156. The van der Waals surface area contributed by atoms with Crippen LogP contribution < -0.4 is 0 Å². The molecule has 3 aromatic carbocycles. The zero-order valence-electron chi connectivity index (χ0n) is 17.8. The quantitative estimate of drug-likeness (QED) is 0.375. The smallest absolute Gasteiger partial charge is 0.137 e. The molecule has 1 aromatic heterocycles. The van der Waals surface area contributed by atoms with E-state index in [1.54, 1.807) is 0 Å². The van der Waals surface area contributed by atoms with Gasteiger partial charge in [-0.2, -0.15) is 0 Å². The summed E-state index contributed by atoms with van der Waals surface area (Å²) >= 11 is 0.